The Balaban J connectivity index is 1.75. The summed E-state index contributed by atoms with van der Waals surface area (Å²) in [5.41, 5.74) is 0.268. The monoisotopic (exact) mass is 278 g/mol. The average molecular weight is 278 g/mol. The molecule has 108 valence electrons. The summed E-state index contributed by atoms with van der Waals surface area (Å²) in [6.07, 6.45) is 2.26. The SMILES string of the molecule is COc1ccc(F)cc1C(=O)N[C@@H]1CN2CCC1CC2. The van der Waals surface area contributed by atoms with Crippen LogP contribution in [0.1, 0.15) is 23.2 Å². The van der Waals surface area contributed by atoms with E-state index in [1.807, 2.05) is 0 Å². The van der Waals surface area contributed by atoms with E-state index in [9.17, 15) is 9.18 Å². The molecule has 4 rings (SSSR count). The van der Waals surface area contributed by atoms with Gasteiger partial charge in [-0.1, -0.05) is 0 Å². The van der Waals surface area contributed by atoms with Crippen molar-refractivity contribution >= 4 is 5.91 Å². The van der Waals surface area contributed by atoms with E-state index in [0.29, 0.717) is 11.7 Å². The highest BCUT2D eigenvalue weighted by Crippen LogP contribution is 2.28. The molecule has 1 aromatic rings. The number of hydrogen-bond donors (Lipinski definition) is 1. The lowest BCUT2D eigenvalue weighted by molar-refractivity contribution is 0.0618. The molecule has 1 N–H and O–H groups in total. The maximum Gasteiger partial charge on any atom is 0.255 e. The normalized spacial score (nSPS) is 28.2. The first-order valence-electron chi connectivity index (χ1n) is 7.04. The maximum atomic E-state index is 13.3. The summed E-state index contributed by atoms with van der Waals surface area (Å²) in [5, 5.41) is 3.04. The lowest BCUT2D eigenvalue weighted by Crippen LogP contribution is -2.57. The molecular formula is C15H19FN2O2. The Labute approximate surface area is 117 Å². The van der Waals surface area contributed by atoms with Crippen LogP contribution in [0.4, 0.5) is 4.39 Å². The molecule has 3 fully saturated rings. The molecule has 3 heterocycles. The number of piperidine rings is 3. The topological polar surface area (TPSA) is 41.6 Å². The highest BCUT2D eigenvalue weighted by atomic mass is 19.1. The fourth-order valence-corrected chi connectivity index (χ4v) is 3.23. The smallest absolute Gasteiger partial charge is 0.255 e. The van der Waals surface area contributed by atoms with E-state index in [1.165, 1.54) is 25.3 Å². The molecule has 3 aliphatic rings. The molecular weight excluding hydrogens is 259 g/mol. The van der Waals surface area contributed by atoms with Gasteiger partial charge < -0.3 is 15.0 Å². The van der Waals surface area contributed by atoms with Gasteiger partial charge in [0, 0.05) is 12.6 Å². The molecule has 1 aromatic carbocycles. The van der Waals surface area contributed by atoms with Crippen molar-refractivity contribution < 1.29 is 13.9 Å². The number of nitrogens with one attached hydrogen (secondary N) is 1. The summed E-state index contributed by atoms with van der Waals surface area (Å²) in [4.78, 5) is 14.7. The summed E-state index contributed by atoms with van der Waals surface area (Å²) < 4.78 is 18.5. The van der Waals surface area contributed by atoms with E-state index in [2.05, 4.69) is 10.2 Å². The van der Waals surface area contributed by atoms with Crippen LogP contribution in [-0.2, 0) is 0 Å². The van der Waals surface area contributed by atoms with Crippen molar-refractivity contribution in [1.82, 2.24) is 10.2 Å². The predicted molar refractivity (Wildman–Crippen MR) is 73.4 cm³/mol. The fraction of sp³-hybridized carbons (Fsp3) is 0.533. The molecule has 0 radical (unpaired) electrons. The molecule has 1 atom stereocenters. The molecule has 2 bridgehead atoms. The third kappa shape index (κ3) is 2.50. The molecule has 0 saturated carbocycles. The molecule has 4 nitrogen and oxygen atoms in total. The number of carbonyl (C=O) groups is 1. The van der Waals surface area contributed by atoms with Gasteiger partial charge in [0.2, 0.25) is 0 Å². The van der Waals surface area contributed by atoms with Crippen LogP contribution in [0.2, 0.25) is 0 Å². The molecule has 0 spiro atoms. The van der Waals surface area contributed by atoms with Crippen LogP contribution in [0.15, 0.2) is 18.2 Å². The summed E-state index contributed by atoms with van der Waals surface area (Å²) in [6.45, 7) is 3.15. The largest absolute Gasteiger partial charge is 0.496 e. The Morgan fingerprint density at radius 2 is 2.15 bits per heavy atom. The van der Waals surface area contributed by atoms with E-state index >= 15 is 0 Å². The minimum absolute atomic E-state index is 0.165. The van der Waals surface area contributed by atoms with Gasteiger partial charge in [-0.2, -0.15) is 0 Å². The van der Waals surface area contributed by atoms with Crippen molar-refractivity contribution in [2.45, 2.75) is 18.9 Å². The fourth-order valence-electron chi connectivity index (χ4n) is 3.23. The first-order chi connectivity index (χ1) is 9.67. The predicted octanol–water partition coefficient (Wildman–Crippen LogP) is 1.66. The highest BCUT2D eigenvalue weighted by molar-refractivity contribution is 5.97. The molecule has 0 aromatic heterocycles. The number of hydrogen-bond acceptors (Lipinski definition) is 3. The van der Waals surface area contributed by atoms with E-state index < -0.39 is 5.82 Å². The van der Waals surface area contributed by atoms with Crippen molar-refractivity contribution in [3.05, 3.63) is 29.6 Å². The molecule has 5 heteroatoms. The van der Waals surface area contributed by atoms with Crippen molar-refractivity contribution in [1.29, 1.82) is 0 Å². The Morgan fingerprint density at radius 3 is 2.75 bits per heavy atom. The van der Waals surface area contributed by atoms with Gasteiger partial charge in [-0.25, -0.2) is 4.39 Å². The Kier molecular flexibility index (Phi) is 3.61. The number of methoxy groups -OCH3 is 1. The highest BCUT2D eigenvalue weighted by Gasteiger charge is 2.35. The lowest BCUT2D eigenvalue weighted by Gasteiger charge is -2.44. The van der Waals surface area contributed by atoms with Crippen molar-refractivity contribution in [3.8, 4) is 5.75 Å². The Bertz CT molecular complexity index is 513. The second kappa shape index (κ2) is 5.40. The van der Waals surface area contributed by atoms with E-state index in [4.69, 9.17) is 4.74 Å². The molecule has 3 saturated heterocycles. The lowest BCUT2D eigenvalue weighted by atomic mass is 9.84. The number of benzene rings is 1. The quantitative estimate of drug-likeness (QED) is 0.914. The van der Waals surface area contributed by atoms with Gasteiger partial charge in [0.1, 0.15) is 11.6 Å². The van der Waals surface area contributed by atoms with Gasteiger partial charge >= 0.3 is 0 Å². The molecule has 0 aliphatic carbocycles. The maximum absolute atomic E-state index is 13.3. The zero-order valence-corrected chi connectivity index (χ0v) is 11.6. The first-order valence-corrected chi connectivity index (χ1v) is 7.04. The summed E-state index contributed by atoms with van der Waals surface area (Å²) in [6, 6.07) is 4.18. The van der Waals surface area contributed by atoms with Gasteiger partial charge in [-0.3, -0.25) is 4.79 Å². The third-order valence-corrected chi connectivity index (χ3v) is 4.38. The zero-order valence-electron chi connectivity index (χ0n) is 11.6. The first kappa shape index (κ1) is 13.4. The van der Waals surface area contributed by atoms with Crippen LogP contribution in [0, 0.1) is 11.7 Å². The number of amides is 1. The third-order valence-electron chi connectivity index (χ3n) is 4.38. The van der Waals surface area contributed by atoms with Crippen molar-refractivity contribution in [2.24, 2.45) is 5.92 Å². The molecule has 20 heavy (non-hydrogen) atoms. The van der Waals surface area contributed by atoms with Crippen LogP contribution in [0.5, 0.6) is 5.75 Å². The second-order valence-electron chi connectivity index (χ2n) is 5.56. The van der Waals surface area contributed by atoms with Crippen LogP contribution in [0.3, 0.4) is 0 Å². The number of ether oxygens (including phenoxy) is 1. The molecule has 0 unspecified atom stereocenters. The average Bonchev–Trinajstić information content (AvgIpc) is 2.48. The van der Waals surface area contributed by atoms with Crippen molar-refractivity contribution in [3.63, 3.8) is 0 Å². The van der Waals surface area contributed by atoms with Crippen LogP contribution in [0.25, 0.3) is 0 Å². The summed E-state index contributed by atoms with van der Waals surface area (Å²) in [7, 11) is 1.48. The van der Waals surface area contributed by atoms with Crippen LogP contribution in [-0.4, -0.2) is 43.6 Å². The Morgan fingerprint density at radius 1 is 1.40 bits per heavy atom. The number of rotatable bonds is 3. The van der Waals surface area contributed by atoms with E-state index in [-0.39, 0.29) is 17.5 Å². The molecule has 3 aliphatic heterocycles. The zero-order chi connectivity index (χ0) is 14.1. The Hall–Kier alpha value is -1.62. The van der Waals surface area contributed by atoms with E-state index in [0.717, 1.165) is 32.5 Å². The minimum atomic E-state index is -0.426. The van der Waals surface area contributed by atoms with Crippen LogP contribution >= 0.6 is 0 Å². The number of halogens is 1. The van der Waals surface area contributed by atoms with Gasteiger partial charge in [0.05, 0.1) is 12.7 Å². The molecule has 1 amide bonds. The number of carbonyl (C=O) groups excluding carboxylic acids is 1. The minimum Gasteiger partial charge on any atom is -0.496 e. The van der Waals surface area contributed by atoms with Crippen molar-refractivity contribution in [2.75, 3.05) is 26.7 Å². The van der Waals surface area contributed by atoms with Crippen LogP contribution < -0.4 is 10.1 Å². The van der Waals surface area contributed by atoms with Gasteiger partial charge in [-0.05, 0) is 50.0 Å². The van der Waals surface area contributed by atoms with Gasteiger partial charge in [0.25, 0.3) is 5.91 Å². The summed E-state index contributed by atoms with van der Waals surface area (Å²) >= 11 is 0. The summed E-state index contributed by atoms with van der Waals surface area (Å²) in [5.74, 6) is 0.277. The second-order valence-corrected chi connectivity index (χ2v) is 5.56. The number of nitrogens with zero attached hydrogens (tertiary/aromatic N) is 1. The standard InChI is InChI=1S/C15H19FN2O2/c1-20-14-3-2-11(16)8-12(14)15(19)17-13-9-18-6-4-10(13)5-7-18/h2-3,8,10,13H,4-7,9H2,1H3,(H,17,19)/t13-/m1/s1. The van der Waals surface area contributed by atoms with E-state index in [1.54, 1.807) is 0 Å². The van der Waals surface area contributed by atoms with Gasteiger partial charge in [0.15, 0.2) is 0 Å². The number of fused-ring (bicyclic) bond motifs is 3. The van der Waals surface area contributed by atoms with Gasteiger partial charge in [-0.15, -0.1) is 0 Å².